The van der Waals surface area contributed by atoms with Crippen LogP contribution < -0.4 is 0 Å². The molecule has 60 valence electrons. The predicted molar refractivity (Wildman–Crippen MR) is 43.1 cm³/mol. The van der Waals surface area contributed by atoms with Crippen molar-refractivity contribution in [2.75, 3.05) is 0 Å². The summed E-state index contributed by atoms with van der Waals surface area (Å²) in [5.74, 6) is -0.332. The van der Waals surface area contributed by atoms with Crippen molar-refractivity contribution in [3.63, 3.8) is 0 Å². The fourth-order valence-electron chi connectivity index (χ4n) is 0.835. The van der Waals surface area contributed by atoms with Gasteiger partial charge in [-0.3, -0.25) is 4.98 Å². The maximum absolute atomic E-state index is 12.5. The lowest BCUT2D eigenvalue weighted by molar-refractivity contribution is 0.617. The molecule has 1 heterocycles. The van der Waals surface area contributed by atoms with E-state index in [-0.39, 0.29) is 11.2 Å². The lowest BCUT2D eigenvalue weighted by Gasteiger charge is -2.04. The lowest BCUT2D eigenvalue weighted by Crippen LogP contribution is -1.90. The van der Waals surface area contributed by atoms with Crippen molar-refractivity contribution in [2.45, 2.75) is 18.7 Å². The third kappa shape index (κ3) is 2.15. The van der Waals surface area contributed by atoms with E-state index < -0.39 is 0 Å². The SMILES string of the molecule is CCC(Cl)c1cncc(F)c1. The van der Waals surface area contributed by atoms with E-state index in [0.29, 0.717) is 0 Å². The van der Waals surface area contributed by atoms with Gasteiger partial charge in [0.2, 0.25) is 0 Å². The maximum Gasteiger partial charge on any atom is 0.141 e. The van der Waals surface area contributed by atoms with Crippen molar-refractivity contribution in [2.24, 2.45) is 0 Å². The fourth-order valence-corrected chi connectivity index (χ4v) is 0.955. The highest BCUT2D eigenvalue weighted by atomic mass is 35.5. The van der Waals surface area contributed by atoms with E-state index in [1.54, 1.807) is 6.20 Å². The van der Waals surface area contributed by atoms with Crippen molar-refractivity contribution in [1.82, 2.24) is 4.98 Å². The first kappa shape index (κ1) is 8.47. The minimum atomic E-state index is -0.332. The second-order valence-electron chi connectivity index (χ2n) is 2.31. The summed E-state index contributed by atoms with van der Waals surface area (Å²) < 4.78 is 12.5. The number of nitrogens with zero attached hydrogens (tertiary/aromatic N) is 1. The molecule has 0 saturated carbocycles. The van der Waals surface area contributed by atoms with Crippen LogP contribution in [0.1, 0.15) is 24.3 Å². The smallest absolute Gasteiger partial charge is 0.141 e. The number of rotatable bonds is 2. The Morgan fingerprint density at radius 2 is 2.36 bits per heavy atom. The summed E-state index contributed by atoms with van der Waals surface area (Å²) in [4.78, 5) is 3.69. The first-order chi connectivity index (χ1) is 5.24. The van der Waals surface area contributed by atoms with E-state index in [1.165, 1.54) is 12.3 Å². The number of alkyl halides is 1. The van der Waals surface area contributed by atoms with Crippen LogP contribution in [0.5, 0.6) is 0 Å². The molecule has 0 amide bonds. The summed E-state index contributed by atoms with van der Waals surface area (Å²) in [6, 6.07) is 1.41. The molecule has 0 aliphatic heterocycles. The number of hydrogen-bond acceptors (Lipinski definition) is 1. The molecule has 1 unspecified atom stereocenters. The van der Waals surface area contributed by atoms with Gasteiger partial charge in [-0.15, -0.1) is 11.6 Å². The Kier molecular flexibility index (Phi) is 2.83. The molecule has 0 fully saturated rings. The van der Waals surface area contributed by atoms with Crippen LogP contribution in [-0.4, -0.2) is 4.98 Å². The molecule has 11 heavy (non-hydrogen) atoms. The van der Waals surface area contributed by atoms with Gasteiger partial charge in [0.15, 0.2) is 0 Å². The fraction of sp³-hybridized carbons (Fsp3) is 0.375. The van der Waals surface area contributed by atoms with Crippen molar-refractivity contribution in [3.05, 3.63) is 29.8 Å². The van der Waals surface area contributed by atoms with Gasteiger partial charge in [-0.05, 0) is 18.1 Å². The van der Waals surface area contributed by atoms with Crippen LogP contribution in [0, 0.1) is 5.82 Å². The third-order valence-electron chi connectivity index (χ3n) is 1.45. The Labute approximate surface area is 70.2 Å². The Hall–Kier alpha value is -0.630. The zero-order chi connectivity index (χ0) is 8.27. The summed E-state index contributed by atoms with van der Waals surface area (Å²) in [7, 11) is 0. The van der Waals surface area contributed by atoms with Crippen LogP contribution in [-0.2, 0) is 0 Å². The van der Waals surface area contributed by atoms with Gasteiger partial charge in [-0.25, -0.2) is 4.39 Å². The summed E-state index contributed by atoms with van der Waals surface area (Å²) >= 11 is 5.86. The van der Waals surface area contributed by atoms with Crippen molar-refractivity contribution < 1.29 is 4.39 Å². The van der Waals surface area contributed by atoms with Gasteiger partial charge in [0.25, 0.3) is 0 Å². The zero-order valence-electron chi connectivity index (χ0n) is 6.22. The van der Waals surface area contributed by atoms with E-state index in [4.69, 9.17) is 11.6 Å². The predicted octanol–water partition coefficient (Wildman–Crippen LogP) is 2.91. The van der Waals surface area contributed by atoms with Crippen LogP contribution in [0.25, 0.3) is 0 Å². The normalized spacial score (nSPS) is 13.0. The Balaban J connectivity index is 2.86. The van der Waals surface area contributed by atoms with E-state index in [2.05, 4.69) is 4.98 Å². The number of pyridine rings is 1. The summed E-state index contributed by atoms with van der Waals surface area (Å²) in [5, 5.41) is -0.127. The Morgan fingerprint density at radius 3 is 2.91 bits per heavy atom. The third-order valence-corrected chi connectivity index (χ3v) is 2.01. The average molecular weight is 174 g/mol. The van der Waals surface area contributed by atoms with E-state index in [0.717, 1.165) is 12.0 Å². The lowest BCUT2D eigenvalue weighted by atomic mass is 10.2. The van der Waals surface area contributed by atoms with Crippen molar-refractivity contribution in [1.29, 1.82) is 0 Å². The molecule has 1 nitrogen and oxygen atoms in total. The van der Waals surface area contributed by atoms with Gasteiger partial charge in [0.05, 0.1) is 11.6 Å². The van der Waals surface area contributed by atoms with Crippen molar-refractivity contribution in [3.8, 4) is 0 Å². The molecule has 0 spiro atoms. The second kappa shape index (κ2) is 3.67. The molecule has 0 aliphatic carbocycles. The first-order valence-electron chi connectivity index (χ1n) is 3.48. The van der Waals surface area contributed by atoms with Crippen LogP contribution >= 0.6 is 11.6 Å². The van der Waals surface area contributed by atoms with Gasteiger partial charge in [0, 0.05) is 6.20 Å². The van der Waals surface area contributed by atoms with Gasteiger partial charge < -0.3 is 0 Å². The molecule has 0 radical (unpaired) electrons. The largest absolute Gasteiger partial charge is 0.261 e. The zero-order valence-corrected chi connectivity index (χ0v) is 6.98. The molecular weight excluding hydrogens is 165 g/mol. The maximum atomic E-state index is 12.5. The van der Waals surface area contributed by atoms with Gasteiger partial charge in [-0.2, -0.15) is 0 Å². The average Bonchev–Trinajstić information content (AvgIpc) is 2.03. The molecule has 1 atom stereocenters. The highest BCUT2D eigenvalue weighted by Crippen LogP contribution is 2.22. The van der Waals surface area contributed by atoms with E-state index in [9.17, 15) is 4.39 Å². The summed E-state index contributed by atoms with van der Waals surface area (Å²) in [6.07, 6.45) is 3.54. The highest BCUT2D eigenvalue weighted by molar-refractivity contribution is 6.20. The van der Waals surface area contributed by atoms with E-state index in [1.807, 2.05) is 6.92 Å². The Bertz CT molecular complexity index is 239. The molecule has 0 aliphatic rings. The standard InChI is InChI=1S/C8H9ClFN/c1-2-8(9)6-3-7(10)5-11-4-6/h3-5,8H,2H2,1H3. The summed E-state index contributed by atoms with van der Waals surface area (Å²) in [5.41, 5.74) is 0.745. The molecule has 0 N–H and O–H groups in total. The first-order valence-corrected chi connectivity index (χ1v) is 3.92. The molecular formula is C8H9ClFN. The number of halogens is 2. The van der Waals surface area contributed by atoms with Crippen LogP contribution in [0.2, 0.25) is 0 Å². The topological polar surface area (TPSA) is 12.9 Å². The minimum Gasteiger partial charge on any atom is -0.261 e. The number of aromatic nitrogens is 1. The van der Waals surface area contributed by atoms with Crippen LogP contribution in [0.15, 0.2) is 18.5 Å². The Morgan fingerprint density at radius 1 is 1.64 bits per heavy atom. The number of hydrogen-bond donors (Lipinski definition) is 0. The molecule has 3 heteroatoms. The van der Waals surface area contributed by atoms with Gasteiger partial charge in [-0.1, -0.05) is 6.92 Å². The quantitative estimate of drug-likeness (QED) is 0.627. The minimum absolute atomic E-state index is 0.127. The van der Waals surface area contributed by atoms with Gasteiger partial charge in [0.1, 0.15) is 5.82 Å². The van der Waals surface area contributed by atoms with Crippen LogP contribution in [0.4, 0.5) is 4.39 Å². The summed E-state index contributed by atoms with van der Waals surface area (Å²) in [6.45, 7) is 1.95. The van der Waals surface area contributed by atoms with E-state index >= 15 is 0 Å². The second-order valence-corrected chi connectivity index (χ2v) is 2.84. The molecule has 0 saturated heterocycles. The molecule has 1 aromatic rings. The molecule has 1 rings (SSSR count). The monoisotopic (exact) mass is 173 g/mol. The molecule has 0 bridgehead atoms. The van der Waals surface area contributed by atoms with Crippen molar-refractivity contribution >= 4 is 11.6 Å². The molecule has 1 aromatic heterocycles. The van der Waals surface area contributed by atoms with Crippen LogP contribution in [0.3, 0.4) is 0 Å². The highest BCUT2D eigenvalue weighted by Gasteiger charge is 2.05. The van der Waals surface area contributed by atoms with Gasteiger partial charge >= 0.3 is 0 Å². The molecule has 0 aromatic carbocycles.